The van der Waals surface area contributed by atoms with Gasteiger partial charge in [0.1, 0.15) is 11.4 Å². The molecule has 6 nitrogen and oxygen atoms in total. The Kier molecular flexibility index (Phi) is 2.91. The topological polar surface area (TPSA) is 97.5 Å². The summed E-state index contributed by atoms with van der Waals surface area (Å²) < 4.78 is 5.19. The predicted octanol–water partition coefficient (Wildman–Crippen LogP) is 0.563. The normalized spacial score (nSPS) is 19.6. The van der Waals surface area contributed by atoms with Gasteiger partial charge in [-0.25, -0.2) is 9.78 Å². The van der Waals surface area contributed by atoms with Crippen molar-refractivity contribution in [3.05, 3.63) is 17.8 Å². The molecule has 0 radical (unpaired) electrons. The summed E-state index contributed by atoms with van der Waals surface area (Å²) in [5.41, 5.74) is 5.92. The molecule has 0 amide bonds. The van der Waals surface area contributed by atoms with Crippen molar-refractivity contribution in [1.82, 2.24) is 4.98 Å². The van der Waals surface area contributed by atoms with Crippen LogP contribution in [0.15, 0.2) is 12.3 Å². The maximum absolute atomic E-state index is 11.0. The van der Waals surface area contributed by atoms with E-state index in [1.807, 2.05) is 0 Å². The predicted molar refractivity (Wildman–Crippen MR) is 58.5 cm³/mol. The van der Waals surface area contributed by atoms with Gasteiger partial charge in [-0.05, 0) is 12.5 Å². The number of aromatic carboxylic acids is 1. The van der Waals surface area contributed by atoms with Crippen LogP contribution in [0.2, 0.25) is 0 Å². The first-order valence-corrected chi connectivity index (χ1v) is 5.00. The third-order valence-corrected chi connectivity index (χ3v) is 2.41. The molecule has 1 aromatic rings. The van der Waals surface area contributed by atoms with Gasteiger partial charge in [0.2, 0.25) is 0 Å². The summed E-state index contributed by atoms with van der Waals surface area (Å²) in [5, 5.41) is 12.0. The molecule has 1 aromatic heterocycles. The molecule has 86 valence electrons. The van der Waals surface area contributed by atoms with Crippen molar-refractivity contribution >= 4 is 17.5 Å². The van der Waals surface area contributed by atoms with E-state index in [2.05, 4.69) is 10.3 Å². The lowest BCUT2D eigenvalue weighted by Crippen LogP contribution is -2.21. The van der Waals surface area contributed by atoms with Crippen LogP contribution in [-0.4, -0.2) is 35.3 Å². The Morgan fingerprint density at radius 3 is 3.12 bits per heavy atom. The van der Waals surface area contributed by atoms with Crippen LogP contribution in [0.5, 0.6) is 0 Å². The van der Waals surface area contributed by atoms with Crippen molar-refractivity contribution < 1.29 is 14.6 Å². The van der Waals surface area contributed by atoms with E-state index < -0.39 is 5.97 Å². The number of aromatic nitrogens is 1. The molecule has 2 heterocycles. The highest BCUT2D eigenvalue weighted by molar-refractivity contribution is 5.94. The highest BCUT2D eigenvalue weighted by Gasteiger charge is 2.19. The van der Waals surface area contributed by atoms with E-state index in [1.165, 1.54) is 12.3 Å². The van der Waals surface area contributed by atoms with E-state index >= 15 is 0 Å². The number of rotatable bonds is 3. The highest BCUT2D eigenvalue weighted by atomic mass is 16.5. The first kappa shape index (κ1) is 10.7. The Morgan fingerprint density at radius 1 is 1.69 bits per heavy atom. The fourth-order valence-electron chi connectivity index (χ4n) is 1.60. The molecule has 1 aliphatic rings. The maximum atomic E-state index is 11.0. The maximum Gasteiger partial charge on any atom is 0.339 e. The van der Waals surface area contributed by atoms with Crippen molar-refractivity contribution in [3.8, 4) is 0 Å². The van der Waals surface area contributed by atoms with Crippen molar-refractivity contribution in [2.75, 3.05) is 24.3 Å². The van der Waals surface area contributed by atoms with E-state index in [9.17, 15) is 4.79 Å². The summed E-state index contributed by atoms with van der Waals surface area (Å²) in [6, 6.07) is 1.52. The van der Waals surface area contributed by atoms with Crippen molar-refractivity contribution in [1.29, 1.82) is 0 Å². The molecule has 1 aliphatic heterocycles. The first-order valence-electron chi connectivity index (χ1n) is 5.00. The van der Waals surface area contributed by atoms with Crippen molar-refractivity contribution in [2.45, 2.75) is 12.5 Å². The van der Waals surface area contributed by atoms with Crippen LogP contribution in [0.4, 0.5) is 11.5 Å². The minimum atomic E-state index is -1.04. The summed E-state index contributed by atoms with van der Waals surface area (Å²) in [6.45, 7) is 1.26. The van der Waals surface area contributed by atoms with E-state index in [1.54, 1.807) is 0 Å². The second-order valence-electron chi connectivity index (χ2n) is 3.67. The van der Waals surface area contributed by atoms with Gasteiger partial charge >= 0.3 is 5.97 Å². The SMILES string of the molecule is Nc1cnc(NC2CCOC2)c(C(=O)O)c1. The van der Waals surface area contributed by atoms with Crippen LogP contribution in [0.3, 0.4) is 0 Å². The average Bonchev–Trinajstić information content (AvgIpc) is 2.73. The zero-order valence-corrected chi connectivity index (χ0v) is 8.64. The summed E-state index contributed by atoms with van der Waals surface area (Å²) in [5.74, 6) is -0.696. The van der Waals surface area contributed by atoms with Crippen LogP contribution in [-0.2, 0) is 4.74 Å². The van der Waals surface area contributed by atoms with Gasteiger partial charge in [0, 0.05) is 6.61 Å². The third kappa shape index (κ3) is 2.22. The lowest BCUT2D eigenvalue weighted by atomic mass is 10.2. The lowest BCUT2D eigenvalue weighted by molar-refractivity contribution is 0.0697. The molecular formula is C10H13N3O3. The molecule has 0 bridgehead atoms. The Hall–Kier alpha value is -1.82. The van der Waals surface area contributed by atoms with Gasteiger partial charge in [0.05, 0.1) is 24.5 Å². The number of nitrogens with zero attached hydrogens (tertiary/aromatic N) is 1. The van der Waals surface area contributed by atoms with Crippen molar-refractivity contribution in [2.24, 2.45) is 0 Å². The van der Waals surface area contributed by atoms with Crippen LogP contribution in [0, 0.1) is 0 Å². The second kappa shape index (κ2) is 4.36. The van der Waals surface area contributed by atoms with Gasteiger partial charge in [0.25, 0.3) is 0 Å². The molecule has 1 atom stereocenters. The molecule has 16 heavy (non-hydrogen) atoms. The van der Waals surface area contributed by atoms with Crippen LogP contribution < -0.4 is 11.1 Å². The Balaban J connectivity index is 2.21. The van der Waals surface area contributed by atoms with Crippen LogP contribution in [0.1, 0.15) is 16.8 Å². The molecule has 2 rings (SSSR count). The van der Waals surface area contributed by atoms with Crippen molar-refractivity contribution in [3.63, 3.8) is 0 Å². The number of hydrogen-bond acceptors (Lipinski definition) is 5. The minimum absolute atomic E-state index is 0.0897. The smallest absolute Gasteiger partial charge is 0.339 e. The van der Waals surface area contributed by atoms with Gasteiger partial charge in [-0.1, -0.05) is 0 Å². The van der Waals surface area contributed by atoms with Crippen LogP contribution >= 0.6 is 0 Å². The largest absolute Gasteiger partial charge is 0.478 e. The number of ether oxygens (including phenoxy) is 1. The van der Waals surface area contributed by atoms with E-state index in [-0.39, 0.29) is 11.6 Å². The molecule has 0 aliphatic carbocycles. The molecular weight excluding hydrogens is 210 g/mol. The number of nitrogens with one attached hydrogen (secondary N) is 1. The van der Waals surface area contributed by atoms with Gasteiger partial charge in [-0.3, -0.25) is 0 Å². The average molecular weight is 223 g/mol. The van der Waals surface area contributed by atoms with E-state index in [0.29, 0.717) is 24.7 Å². The summed E-state index contributed by atoms with van der Waals surface area (Å²) >= 11 is 0. The number of pyridine rings is 1. The lowest BCUT2D eigenvalue weighted by Gasteiger charge is -2.13. The molecule has 1 saturated heterocycles. The zero-order valence-electron chi connectivity index (χ0n) is 8.64. The molecule has 4 N–H and O–H groups in total. The fraction of sp³-hybridized carbons (Fsp3) is 0.400. The first-order chi connectivity index (χ1) is 7.66. The second-order valence-corrected chi connectivity index (χ2v) is 3.67. The molecule has 6 heteroatoms. The van der Waals surface area contributed by atoms with E-state index in [4.69, 9.17) is 15.6 Å². The molecule has 0 spiro atoms. The minimum Gasteiger partial charge on any atom is -0.478 e. The van der Waals surface area contributed by atoms with Gasteiger partial charge in [0.15, 0.2) is 0 Å². The summed E-state index contributed by atoms with van der Waals surface area (Å²) in [4.78, 5) is 15.0. The summed E-state index contributed by atoms with van der Waals surface area (Å²) in [6.07, 6.45) is 2.29. The Bertz CT molecular complexity index is 402. The molecule has 1 unspecified atom stereocenters. The third-order valence-electron chi connectivity index (χ3n) is 2.41. The molecule has 0 aromatic carbocycles. The zero-order chi connectivity index (χ0) is 11.5. The molecule has 0 saturated carbocycles. The summed E-state index contributed by atoms with van der Waals surface area (Å²) in [7, 11) is 0. The number of nitrogens with two attached hydrogens (primary N) is 1. The monoisotopic (exact) mass is 223 g/mol. The number of anilines is 2. The van der Waals surface area contributed by atoms with E-state index in [0.717, 1.165) is 6.42 Å². The standard InChI is InChI=1S/C10H13N3O3/c11-6-3-8(10(14)15)9(12-4-6)13-7-1-2-16-5-7/h3-4,7H,1-2,5,11H2,(H,12,13)(H,14,15). The van der Waals surface area contributed by atoms with Crippen LogP contribution in [0.25, 0.3) is 0 Å². The fourth-order valence-corrected chi connectivity index (χ4v) is 1.60. The van der Waals surface area contributed by atoms with Gasteiger partial charge < -0.3 is 20.9 Å². The Morgan fingerprint density at radius 2 is 2.50 bits per heavy atom. The van der Waals surface area contributed by atoms with Gasteiger partial charge in [-0.2, -0.15) is 0 Å². The Labute approximate surface area is 92.4 Å². The van der Waals surface area contributed by atoms with Gasteiger partial charge in [-0.15, -0.1) is 0 Å². The number of hydrogen-bond donors (Lipinski definition) is 3. The quantitative estimate of drug-likeness (QED) is 0.692. The molecule has 1 fully saturated rings. The number of nitrogen functional groups attached to an aromatic ring is 1. The number of carboxylic acid groups (broad SMARTS) is 1. The number of carbonyl (C=O) groups is 1. The highest BCUT2D eigenvalue weighted by Crippen LogP contribution is 2.18. The number of carboxylic acids is 1.